The van der Waals surface area contributed by atoms with Crippen LogP contribution in [0, 0.1) is 5.92 Å². The van der Waals surface area contributed by atoms with Gasteiger partial charge in [-0.3, -0.25) is 9.48 Å². The van der Waals surface area contributed by atoms with Crippen LogP contribution in [0.5, 0.6) is 0 Å². The number of aromatic nitrogens is 3. The van der Waals surface area contributed by atoms with Crippen molar-refractivity contribution in [2.45, 2.75) is 38.6 Å². The van der Waals surface area contributed by atoms with Gasteiger partial charge in [0.05, 0.1) is 12.7 Å². The van der Waals surface area contributed by atoms with E-state index in [0.29, 0.717) is 18.8 Å². The molecule has 1 aromatic heterocycles. The highest BCUT2D eigenvalue weighted by molar-refractivity contribution is 5.91. The molecule has 0 unspecified atom stereocenters. The van der Waals surface area contributed by atoms with Gasteiger partial charge in [-0.2, -0.15) is 0 Å². The van der Waals surface area contributed by atoms with Gasteiger partial charge in [0.25, 0.3) is 5.91 Å². The molecule has 6 heteroatoms. The van der Waals surface area contributed by atoms with Crippen molar-refractivity contribution in [3.05, 3.63) is 11.9 Å². The van der Waals surface area contributed by atoms with E-state index in [1.54, 1.807) is 10.9 Å². The van der Waals surface area contributed by atoms with Gasteiger partial charge in [0.15, 0.2) is 5.69 Å². The quantitative estimate of drug-likeness (QED) is 0.773. The van der Waals surface area contributed by atoms with E-state index >= 15 is 0 Å². The Balaban J connectivity index is 1.72. The standard InChI is InChI=1S/C12H21N5O/c13-6-8-17-9-11(15-16-17)12(18)14-7-5-10-3-1-2-4-10/h9-10H,1-8,13H2,(H,14,18). The number of carbonyl (C=O) groups excluding carboxylic acids is 1. The van der Waals surface area contributed by atoms with Crippen molar-refractivity contribution in [3.8, 4) is 0 Å². The summed E-state index contributed by atoms with van der Waals surface area (Å²) in [5, 5.41) is 10.6. The van der Waals surface area contributed by atoms with Crippen molar-refractivity contribution in [3.63, 3.8) is 0 Å². The summed E-state index contributed by atoms with van der Waals surface area (Å²) in [5.74, 6) is 0.648. The lowest BCUT2D eigenvalue weighted by molar-refractivity contribution is 0.0946. The number of hydrogen-bond acceptors (Lipinski definition) is 4. The van der Waals surface area contributed by atoms with E-state index in [4.69, 9.17) is 5.73 Å². The zero-order valence-corrected chi connectivity index (χ0v) is 10.6. The number of nitrogens with one attached hydrogen (secondary N) is 1. The molecule has 1 aliphatic rings. The predicted molar refractivity (Wildman–Crippen MR) is 68.0 cm³/mol. The molecule has 0 bridgehead atoms. The van der Waals surface area contributed by atoms with E-state index in [1.807, 2.05) is 0 Å². The zero-order chi connectivity index (χ0) is 12.8. The van der Waals surface area contributed by atoms with Crippen LogP contribution in [0.25, 0.3) is 0 Å². The third kappa shape index (κ3) is 3.53. The first kappa shape index (κ1) is 13.0. The number of nitrogens with two attached hydrogens (primary N) is 1. The first-order chi connectivity index (χ1) is 8.79. The van der Waals surface area contributed by atoms with Crippen molar-refractivity contribution in [1.29, 1.82) is 0 Å². The molecule has 100 valence electrons. The average molecular weight is 251 g/mol. The Hall–Kier alpha value is -1.43. The molecule has 1 saturated carbocycles. The number of rotatable bonds is 6. The van der Waals surface area contributed by atoms with Crippen LogP contribution in [0.1, 0.15) is 42.6 Å². The highest BCUT2D eigenvalue weighted by Crippen LogP contribution is 2.26. The van der Waals surface area contributed by atoms with Gasteiger partial charge < -0.3 is 11.1 Å². The molecule has 18 heavy (non-hydrogen) atoms. The van der Waals surface area contributed by atoms with Crippen LogP contribution >= 0.6 is 0 Å². The van der Waals surface area contributed by atoms with Gasteiger partial charge in [0.1, 0.15) is 0 Å². The van der Waals surface area contributed by atoms with Crippen molar-refractivity contribution in [2.24, 2.45) is 11.7 Å². The summed E-state index contributed by atoms with van der Waals surface area (Å²) in [6.45, 7) is 1.81. The molecular weight excluding hydrogens is 230 g/mol. The summed E-state index contributed by atoms with van der Waals surface area (Å²) < 4.78 is 1.59. The van der Waals surface area contributed by atoms with Gasteiger partial charge in [-0.15, -0.1) is 5.10 Å². The minimum Gasteiger partial charge on any atom is -0.351 e. The fourth-order valence-electron chi connectivity index (χ4n) is 2.42. The Morgan fingerprint density at radius 3 is 3.00 bits per heavy atom. The molecule has 1 aromatic rings. The maximum absolute atomic E-state index is 11.8. The van der Waals surface area contributed by atoms with Gasteiger partial charge in [0.2, 0.25) is 0 Å². The lowest BCUT2D eigenvalue weighted by Crippen LogP contribution is -2.26. The van der Waals surface area contributed by atoms with Crippen molar-refractivity contribution >= 4 is 5.91 Å². The molecule has 6 nitrogen and oxygen atoms in total. The van der Waals surface area contributed by atoms with Crippen LogP contribution in [-0.2, 0) is 6.54 Å². The monoisotopic (exact) mass is 251 g/mol. The van der Waals surface area contributed by atoms with E-state index in [0.717, 1.165) is 18.9 Å². The Labute approximate surface area is 107 Å². The third-order valence-electron chi connectivity index (χ3n) is 3.44. The lowest BCUT2D eigenvalue weighted by atomic mass is 10.0. The number of carbonyl (C=O) groups is 1. The van der Waals surface area contributed by atoms with Crippen LogP contribution in [0.2, 0.25) is 0 Å². The van der Waals surface area contributed by atoms with Crippen LogP contribution in [-0.4, -0.2) is 34.0 Å². The van der Waals surface area contributed by atoms with E-state index < -0.39 is 0 Å². The zero-order valence-electron chi connectivity index (χ0n) is 10.6. The van der Waals surface area contributed by atoms with Gasteiger partial charge >= 0.3 is 0 Å². The summed E-state index contributed by atoms with van der Waals surface area (Å²) in [6.07, 6.45) is 8.00. The molecule has 1 heterocycles. The maximum atomic E-state index is 11.8. The van der Waals surface area contributed by atoms with E-state index in [2.05, 4.69) is 15.6 Å². The lowest BCUT2D eigenvalue weighted by Gasteiger charge is -2.08. The molecule has 2 rings (SSSR count). The summed E-state index contributed by atoms with van der Waals surface area (Å²) in [7, 11) is 0. The summed E-state index contributed by atoms with van der Waals surface area (Å²) in [5.41, 5.74) is 5.78. The smallest absolute Gasteiger partial charge is 0.273 e. The van der Waals surface area contributed by atoms with E-state index in [-0.39, 0.29) is 5.91 Å². The molecule has 0 spiro atoms. The molecule has 0 saturated heterocycles. The van der Waals surface area contributed by atoms with Gasteiger partial charge in [-0.1, -0.05) is 30.9 Å². The SMILES string of the molecule is NCCn1cc(C(=O)NCCC2CCCC2)nn1. The van der Waals surface area contributed by atoms with Crippen LogP contribution < -0.4 is 11.1 Å². The maximum Gasteiger partial charge on any atom is 0.273 e. The predicted octanol–water partition coefficient (Wildman–Crippen LogP) is 0.547. The van der Waals surface area contributed by atoms with Crippen molar-refractivity contribution < 1.29 is 4.79 Å². The molecule has 0 atom stereocenters. The molecule has 1 aliphatic carbocycles. The number of nitrogens with zero attached hydrogens (tertiary/aromatic N) is 3. The van der Waals surface area contributed by atoms with Crippen LogP contribution in [0.15, 0.2) is 6.20 Å². The first-order valence-corrected chi connectivity index (χ1v) is 6.68. The van der Waals surface area contributed by atoms with Crippen LogP contribution in [0.4, 0.5) is 0 Å². The molecule has 0 radical (unpaired) electrons. The molecule has 3 N–H and O–H groups in total. The summed E-state index contributed by atoms with van der Waals surface area (Å²) in [6, 6.07) is 0. The average Bonchev–Trinajstić information content (AvgIpc) is 3.00. The van der Waals surface area contributed by atoms with Gasteiger partial charge in [0, 0.05) is 13.1 Å². The van der Waals surface area contributed by atoms with Gasteiger partial charge in [-0.25, -0.2) is 0 Å². The number of hydrogen-bond donors (Lipinski definition) is 2. The third-order valence-corrected chi connectivity index (χ3v) is 3.44. The minimum absolute atomic E-state index is 0.142. The normalized spacial score (nSPS) is 16.1. The van der Waals surface area contributed by atoms with Gasteiger partial charge in [-0.05, 0) is 12.3 Å². The fraction of sp³-hybridized carbons (Fsp3) is 0.750. The minimum atomic E-state index is -0.142. The second kappa shape index (κ2) is 6.49. The fourth-order valence-corrected chi connectivity index (χ4v) is 2.42. The second-order valence-corrected chi connectivity index (χ2v) is 4.85. The Kier molecular flexibility index (Phi) is 4.69. The molecule has 0 aliphatic heterocycles. The Morgan fingerprint density at radius 2 is 2.28 bits per heavy atom. The summed E-state index contributed by atoms with van der Waals surface area (Å²) >= 11 is 0. The van der Waals surface area contributed by atoms with Crippen molar-refractivity contribution in [2.75, 3.05) is 13.1 Å². The number of amides is 1. The van der Waals surface area contributed by atoms with Crippen LogP contribution in [0.3, 0.4) is 0 Å². The Morgan fingerprint density at radius 1 is 1.50 bits per heavy atom. The Bertz CT molecular complexity index is 384. The highest BCUT2D eigenvalue weighted by Gasteiger charge is 2.15. The van der Waals surface area contributed by atoms with Crippen molar-refractivity contribution in [1.82, 2.24) is 20.3 Å². The molecule has 1 fully saturated rings. The largest absolute Gasteiger partial charge is 0.351 e. The molecular formula is C12H21N5O. The summed E-state index contributed by atoms with van der Waals surface area (Å²) in [4.78, 5) is 11.8. The first-order valence-electron chi connectivity index (χ1n) is 6.68. The van der Waals surface area contributed by atoms with E-state index in [9.17, 15) is 4.79 Å². The molecule has 0 aromatic carbocycles. The topological polar surface area (TPSA) is 85.8 Å². The van der Waals surface area contributed by atoms with E-state index in [1.165, 1.54) is 25.7 Å². The second-order valence-electron chi connectivity index (χ2n) is 4.85. The molecule has 1 amide bonds. The highest BCUT2D eigenvalue weighted by atomic mass is 16.2.